The Labute approximate surface area is 201 Å². The van der Waals surface area contributed by atoms with Crippen LogP contribution in [-0.2, 0) is 11.3 Å². The molecule has 3 amide bonds. The van der Waals surface area contributed by atoms with E-state index in [0.29, 0.717) is 54.2 Å². The normalized spacial score (nSPS) is 14.7. The molecule has 0 aromatic heterocycles. The first kappa shape index (κ1) is 25.2. The lowest BCUT2D eigenvalue weighted by atomic mass is 9.92. The number of ether oxygens (including phenoxy) is 3. The lowest BCUT2D eigenvalue weighted by Crippen LogP contribution is -2.42. The summed E-state index contributed by atoms with van der Waals surface area (Å²) in [5.41, 5.74) is 1.49. The molecule has 0 spiro atoms. The van der Waals surface area contributed by atoms with Gasteiger partial charge in [0, 0.05) is 18.8 Å². The first-order valence-electron chi connectivity index (χ1n) is 11.5. The van der Waals surface area contributed by atoms with Crippen LogP contribution in [0.1, 0.15) is 39.7 Å². The fourth-order valence-electron chi connectivity index (χ4n) is 3.68. The summed E-state index contributed by atoms with van der Waals surface area (Å²) in [6, 6.07) is 10.5. The number of nitrogens with one attached hydrogen (secondary N) is 2. The summed E-state index contributed by atoms with van der Waals surface area (Å²) in [4.78, 5) is 27.6. The zero-order chi connectivity index (χ0) is 24.9. The third-order valence-electron chi connectivity index (χ3n) is 5.75. The molecule has 0 unspecified atom stereocenters. The van der Waals surface area contributed by atoms with Crippen molar-refractivity contribution in [2.75, 3.05) is 37.6 Å². The monoisotopic (exact) mass is 469 g/mol. The Morgan fingerprint density at radius 1 is 1.12 bits per heavy atom. The maximum absolute atomic E-state index is 13.3. The number of nitrogens with zero attached hydrogens (tertiary/aromatic N) is 1. The molecule has 0 bridgehead atoms. The molecule has 0 saturated carbocycles. The zero-order valence-corrected chi connectivity index (χ0v) is 20.9. The molecule has 34 heavy (non-hydrogen) atoms. The fourth-order valence-corrected chi connectivity index (χ4v) is 3.68. The summed E-state index contributed by atoms with van der Waals surface area (Å²) >= 11 is 0. The molecule has 2 N–H and O–H groups in total. The number of carbonyl (C=O) groups is 2. The molecule has 0 saturated heterocycles. The smallest absolute Gasteiger partial charge is 0.319 e. The summed E-state index contributed by atoms with van der Waals surface area (Å²) in [5.74, 6) is 2.33. The summed E-state index contributed by atoms with van der Waals surface area (Å²) in [7, 11) is 3.15. The number of hydrogen-bond donors (Lipinski definition) is 2. The van der Waals surface area contributed by atoms with Crippen LogP contribution in [0.15, 0.2) is 36.4 Å². The molecule has 2 aromatic carbocycles. The van der Waals surface area contributed by atoms with Crippen LogP contribution < -0.4 is 29.7 Å². The molecular weight excluding hydrogens is 434 g/mol. The SMILES string of the molecule is COc1ccc(CNC(=O)Nc2ccc3c(c2)N(CCC(C)C)C(=O)C(C)(C)CO3)cc1OC. The molecule has 1 aliphatic rings. The van der Waals surface area contributed by atoms with E-state index < -0.39 is 5.41 Å². The Morgan fingerprint density at radius 2 is 1.85 bits per heavy atom. The minimum atomic E-state index is -0.639. The van der Waals surface area contributed by atoms with Crippen molar-refractivity contribution in [1.82, 2.24) is 5.32 Å². The van der Waals surface area contributed by atoms with Crippen molar-refractivity contribution in [3.8, 4) is 17.2 Å². The number of methoxy groups -OCH3 is 2. The van der Waals surface area contributed by atoms with Gasteiger partial charge in [0.05, 0.1) is 25.3 Å². The number of fused-ring (bicyclic) bond motifs is 1. The average Bonchev–Trinajstić information content (AvgIpc) is 2.90. The predicted octanol–water partition coefficient (Wildman–Crippen LogP) is 4.82. The Bertz CT molecular complexity index is 1040. The fraction of sp³-hybridized carbons (Fsp3) is 0.462. The molecule has 2 aromatic rings. The van der Waals surface area contributed by atoms with E-state index in [2.05, 4.69) is 24.5 Å². The van der Waals surface area contributed by atoms with E-state index in [-0.39, 0.29) is 11.9 Å². The highest BCUT2D eigenvalue weighted by atomic mass is 16.5. The van der Waals surface area contributed by atoms with Gasteiger partial charge in [-0.15, -0.1) is 0 Å². The van der Waals surface area contributed by atoms with E-state index in [1.165, 1.54) is 0 Å². The van der Waals surface area contributed by atoms with Gasteiger partial charge in [-0.05, 0) is 62.1 Å². The molecular formula is C26H35N3O5. The van der Waals surface area contributed by atoms with Gasteiger partial charge < -0.3 is 29.7 Å². The van der Waals surface area contributed by atoms with Crippen LogP contribution in [0.3, 0.4) is 0 Å². The molecule has 0 fully saturated rings. The Morgan fingerprint density at radius 3 is 2.53 bits per heavy atom. The number of urea groups is 1. The third kappa shape index (κ3) is 5.92. The minimum Gasteiger partial charge on any atom is -0.493 e. The van der Waals surface area contributed by atoms with Gasteiger partial charge in [0.15, 0.2) is 11.5 Å². The van der Waals surface area contributed by atoms with E-state index in [4.69, 9.17) is 14.2 Å². The lowest BCUT2D eigenvalue weighted by Gasteiger charge is -2.28. The van der Waals surface area contributed by atoms with Crippen LogP contribution in [0.25, 0.3) is 0 Å². The second-order valence-corrected chi connectivity index (χ2v) is 9.49. The maximum Gasteiger partial charge on any atom is 0.319 e. The Hall–Kier alpha value is -3.42. The number of benzene rings is 2. The third-order valence-corrected chi connectivity index (χ3v) is 5.75. The van der Waals surface area contributed by atoms with Crippen LogP contribution in [-0.4, -0.2) is 39.3 Å². The predicted molar refractivity (Wildman–Crippen MR) is 133 cm³/mol. The average molecular weight is 470 g/mol. The number of amides is 3. The van der Waals surface area contributed by atoms with E-state index in [0.717, 1.165) is 12.0 Å². The molecule has 1 aliphatic heterocycles. The quantitative estimate of drug-likeness (QED) is 0.578. The number of rotatable bonds is 8. The highest BCUT2D eigenvalue weighted by Crippen LogP contribution is 2.38. The van der Waals surface area contributed by atoms with Crippen molar-refractivity contribution in [3.63, 3.8) is 0 Å². The number of anilines is 2. The highest BCUT2D eigenvalue weighted by molar-refractivity contribution is 6.00. The van der Waals surface area contributed by atoms with E-state index in [1.807, 2.05) is 26.0 Å². The summed E-state index contributed by atoms with van der Waals surface area (Å²) in [5, 5.41) is 5.70. The van der Waals surface area contributed by atoms with Crippen molar-refractivity contribution in [2.45, 2.75) is 40.7 Å². The van der Waals surface area contributed by atoms with E-state index >= 15 is 0 Å². The summed E-state index contributed by atoms with van der Waals surface area (Å²) in [6.07, 6.45) is 0.866. The van der Waals surface area contributed by atoms with Crippen LogP contribution in [0.2, 0.25) is 0 Å². The molecule has 0 radical (unpaired) electrons. The van der Waals surface area contributed by atoms with Crippen LogP contribution >= 0.6 is 0 Å². The molecule has 3 rings (SSSR count). The minimum absolute atomic E-state index is 0.0157. The van der Waals surface area contributed by atoms with Crippen molar-refractivity contribution in [3.05, 3.63) is 42.0 Å². The Balaban J connectivity index is 1.73. The highest BCUT2D eigenvalue weighted by Gasteiger charge is 2.37. The molecule has 0 atom stereocenters. The molecule has 0 aliphatic carbocycles. The van der Waals surface area contributed by atoms with Gasteiger partial charge in [0.1, 0.15) is 12.4 Å². The van der Waals surface area contributed by atoms with Crippen LogP contribution in [0.4, 0.5) is 16.2 Å². The van der Waals surface area contributed by atoms with Crippen LogP contribution in [0.5, 0.6) is 17.2 Å². The van der Waals surface area contributed by atoms with Crippen molar-refractivity contribution < 1.29 is 23.8 Å². The van der Waals surface area contributed by atoms with E-state index in [1.54, 1.807) is 43.4 Å². The largest absolute Gasteiger partial charge is 0.493 e. The first-order chi connectivity index (χ1) is 16.1. The van der Waals surface area contributed by atoms with Gasteiger partial charge in [-0.1, -0.05) is 19.9 Å². The van der Waals surface area contributed by atoms with Gasteiger partial charge in [0.25, 0.3) is 0 Å². The number of hydrogen-bond acceptors (Lipinski definition) is 5. The molecule has 8 heteroatoms. The molecule has 184 valence electrons. The van der Waals surface area contributed by atoms with Gasteiger partial charge >= 0.3 is 6.03 Å². The second-order valence-electron chi connectivity index (χ2n) is 9.49. The van der Waals surface area contributed by atoms with Crippen molar-refractivity contribution >= 4 is 23.3 Å². The summed E-state index contributed by atoms with van der Waals surface area (Å²) in [6.45, 7) is 9.25. The molecule has 8 nitrogen and oxygen atoms in total. The standard InChI is InChI=1S/C26H35N3O5/c1-17(2)11-12-29-20-14-19(8-10-21(20)34-16-26(3,4)24(29)30)28-25(31)27-15-18-7-9-22(32-5)23(13-18)33-6/h7-10,13-14,17H,11-12,15-16H2,1-6H3,(H2,27,28,31). The molecule has 1 heterocycles. The van der Waals surface area contributed by atoms with E-state index in [9.17, 15) is 9.59 Å². The zero-order valence-electron chi connectivity index (χ0n) is 20.9. The van der Waals surface area contributed by atoms with Crippen molar-refractivity contribution in [1.29, 1.82) is 0 Å². The van der Waals surface area contributed by atoms with Crippen LogP contribution in [0, 0.1) is 11.3 Å². The number of carbonyl (C=O) groups excluding carboxylic acids is 2. The lowest BCUT2D eigenvalue weighted by molar-refractivity contribution is -0.127. The van der Waals surface area contributed by atoms with Gasteiger partial charge in [-0.25, -0.2) is 4.79 Å². The van der Waals surface area contributed by atoms with Gasteiger partial charge in [-0.3, -0.25) is 4.79 Å². The Kier molecular flexibility index (Phi) is 7.91. The second kappa shape index (κ2) is 10.7. The summed E-state index contributed by atoms with van der Waals surface area (Å²) < 4.78 is 16.5. The first-order valence-corrected chi connectivity index (χ1v) is 11.5. The van der Waals surface area contributed by atoms with Gasteiger partial charge in [-0.2, -0.15) is 0 Å². The van der Waals surface area contributed by atoms with Crippen molar-refractivity contribution in [2.24, 2.45) is 11.3 Å². The topological polar surface area (TPSA) is 89.1 Å². The maximum atomic E-state index is 13.3. The van der Waals surface area contributed by atoms with Gasteiger partial charge in [0.2, 0.25) is 5.91 Å².